The highest BCUT2D eigenvalue weighted by Crippen LogP contribution is 2.20. The molecule has 0 saturated heterocycles. The zero-order valence-electron chi connectivity index (χ0n) is 11.2. The van der Waals surface area contributed by atoms with Crippen LogP contribution >= 0.6 is 0 Å². The average Bonchev–Trinajstić information content (AvgIpc) is 2.75. The quantitative estimate of drug-likeness (QED) is 0.763. The second-order valence-electron chi connectivity index (χ2n) is 4.79. The molecule has 0 amide bonds. The average molecular weight is 253 g/mol. The Hall–Kier alpha value is -2.43. The molecule has 5 nitrogen and oxygen atoms in total. The maximum atomic E-state index is 4.32. The lowest BCUT2D eigenvalue weighted by Gasteiger charge is -2.10. The summed E-state index contributed by atoms with van der Waals surface area (Å²) >= 11 is 0. The molecular formula is C14H15N5. The molecular weight excluding hydrogens is 238 g/mol. The number of nitrogens with zero attached hydrogens (tertiary/aromatic N) is 4. The van der Waals surface area contributed by atoms with Crippen molar-refractivity contribution in [2.24, 2.45) is 0 Å². The minimum absolute atomic E-state index is 0.604. The van der Waals surface area contributed by atoms with Gasteiger partial charge in [0.15, 0.2) is 0 Å². The molecule has 0 aliphatic heterocycles. The Morgan fingerprint density at radius 2 is 1.74 bits per heavy atom. The first-order valence-electron chi connectivity index (χ1n) is 6.14. The van der Waals surface area contributed by atoms with Crippen LogP contribution in [0.5, 0.6) is 0 Å². The third-order valence-electron chi connectivity index (χ3n) is 2.91. The monoisotopic (exact) mass is 253 g/mol. The van der Waals surface area contributed by atoms with Crippen LogP contribution in [0.1, 0.15) is 16.8 Å². The summed E-state index contributed by atoms with van der Waals surface area (Å²) in [4.78, 5) is 4.32. The summed E-state index contributed by atoms with van der Waals surface area (Å²) in [7, 11) is 0. The molecule has 5 heteroatoms. The summed E-state index contributed by atoms with van der Waals surface area (Å²) in [5.74, 6) is 1.52. The van der Waals surface area contributed by atoms with E-state index in [0.29, 0.717) is 5.78 Å². The van der Waals surface area contributed by atoms with Crippen molar-refractivity contribution in [1.82, 2.24) is 19.6 Å². The van der Waals surface area contributed by atoms with Crippen molar-refractivity contribution in [2.45, 2.75) is 20.8 Å². The Kier molecular flexibility index (Phi) is 2.67. The van der Waals surface area contributed by atoms with Crippen LogP contribution < -0.4 is 5.32 Å². The molecule has 1 N–H and O–H groups in total. The van der Waals surface area contributed by atoms with Crippen molar-refractivity contribution < 1.29 is 0 Å². The molecule has 0 atom stereocenters. The summed E-state index contributed by atoms with van der Waals surface area (Å²) in [6.45, 7) is 6.12. The number of hydrogen-bond acceptors (Lipinski definition) is 4. The predicted octanol–water partition coefficient (Wildman–Crippen LogP) is 2.79. The lowest BCUT2D eigenvalue weighted by atomic mass is 10.1. The highest BCUT2D eigenvalue weighted by atomic mass is 15.3. The minimum atomic E-state index is 0.604. The number of nitrogens with one attached hydrogen (secondary N) is 1. The van der Waals surface area contributed by atoms with Gasteiger partial charge in [0.1, 0.15) is 12.1 Å². The van der Waals surface area contributed by atoms with Crippen molar-refractivity contribution in [2.75, 3.05) is 5.32 Å². The molecule has 0 fully saturated rings. The van der Waals surface area contributed by atoms with Crippen molar-refractivity contribution >= 4 is 17.3 Å². The Morgan fingerprint density at radius 3 is 2.47 bits per heavy atom. The van der Waals surface area contributed by atoms with Crippen molar-refractivity contribution in [1.29, 1.82) is 0 Å². The zero-order valence-corrected chi connectivity index (χ0v) is 11.2. The van der Waals surface area contributed by atoms with Gasteiger partial charge in [-0.05, 0) is 44.0 Å². The predicted molar refractivity (Wildman–Crippen MR) is 74.7 cm³/mol. The van der Waals surface area contributed by atoms with E-state index in [1.165, 1.54) is 11.1 Å². The molecule has 0 aliphatic carbocycles. The second kappa shape index (κ2) is 4.35. The van der Waals surface area contributed by atoms with Gasteiger partial charge in [0.25, 0.3) is 5.78 Å². The van der Waals surface area contributed by atoms with Crippen LogP contribution in [0, 0.1) is 20.8 Å². The Morgan fingerprint density at radius 1 is 1.00 bits per heavy atom. The van der Waals surface area contributed by atoms with Gasteiger partial charge in [-0.1, -0.05) is 6.07 Å². The van der Waals surface area contributed by atoms with Gasteiger partial charge in [0.2, 0.25) is 0 Å². The fourth-order valence-electron chi connectivity index (χ4n) is 2.22. The fraction of sp³-hybridized carbons (Fsp3) is 0.214. The molecule has 0 radical (unpaired) electrons. The lowest BCUT2D eigenvalue weighted by molar-refractivity contribution is 1.07. The summed E-state index contributed by atoms with van der Waals surface area (Å²) in [6.07, 6.45) is 1.66. The Balaban J connectivity index is 2.07. The summed E-state index contributed by atoms with van der Waals surface area (Å²) < 4.78 is 1.84. The molecule has 0 unspecified atom stereocenters. The Bertz CT molecular complexity index is 724. The van der Waals surface area contributed by atoms with Crippen LogP contribution in [0.3, 0.4) is 0 Å². The van der Waals surface area contributed by atoms with Gasteiger partial charge in [-0.15, -0.1) is 10.2 Å². The van der Waals surface area contributed by atoms with Gasteiger partial charge in [0, 0.05) is 17.4 Å². The van der Waals surface area contributed by atoms with Gasteiger partial charge in [0.05, 0.1) is 0 Å². The van der Waals surface area contributed by atoms with Crippen LogP contribution in [0.4, 0.5) is 11.5 Å². The van der Waals surface area contributed by atoms with E-state index in [-0.39, 0.29) is 0 Å². The highest BCUT2D eigenvalue weighted by molar-refractivity contribution is 5.60. The van der Waals surface area contributed by atoms with E-state index < -0.39 is 0 Å². The van der Waals surface area contributed by atoms with Crippen molar-refractivity contribution in [3.63, 3.8) is 0 Å². The van der Waals surface area contributed by atoms with E-state index >= 15 is 0 Å². The largest absolute Gasteiger partial charge is 0.341 e. The lowest BCUT2D eigenvalue weighted by Crippen LogP contribution is -2.01. The van der Waals surface area contributed by atoms with E-state index in [4.69, 9.17) is 0 Å². The maximum Gasteiger partial charge on any atom is 0.256 e. The highest BCUT2D eigenvalue weighted by Gasteiger charge is 2.05. The topological polar surface area (TPSA) is 55.1 Å². The first-order valence-corrected chi connectivity index (χ1v) is 6.14. The van der Waals surface area contributed by atoms with Crippen molar-refractivity contribution in [3.05, 3.63) is 47.4 Å². The number of benzene rings is 1. The first-order chi connectivity index (χ1) is 9.11. The molecule has 19 heavy (non-hydrogen) atoms. The molecule has 0 spiro atoms. The van der Waals surface area contributed by atoms with Crippen molar-refractivity contribution in [3.8, 4) is 0 Å². The van der Waals surface area contributed by atoms with Crippen LogP contribution in [0.15, 0.2) is 30.6 Å². The Labute approximate surface area is 111 Å². The minimum Gasteiger partial charge on any atom is -0.341 e. The van der Waals surface area contributed by atoms with Gasteiger partial charge in [-0.2, -0.15) is 0 Å². The normalized spacial score (nSPS) is 10.9. The number of aryl methyl sites for hydroxylation is 3. The zero-order chi connectivity index (χ0) is 13.4. The molecule has 0 aliphatic rings. The number of aromatic nitrogens is 4. The maximum absolute atomic E-state index is 4.32. The smallest absolute Gasteiger partial charge is 0.256 e. The van der Waals surface area contributed by atoms with E-state index in [0.717, 1.165) is 17.2 Å². The van der Waals surface area contributed by atoms with Gasteiger partial charge in [-0.25, -0.2) is 4.98 Å². The molecule has 96 valence electrons. The van der Waals surface area contributed by atoms with E-state index in [1.807, 2.05) is 17.4 Å². The molecule has 0 saturated carbocycles. The first kappa shape index (κ1) is 11.6. The van der Waals surface area contributed by atoms with E-state index in [2.05, 4.69) is 52.5 Å². The molecule has 2 aromatic heterocycles. The van der Waals surface area contributed by atoms with Gasteiger partial charge < -0.3 is 5.32 Å². The third-order valence-corrected chi connectivity index (χ3v) is 2.91. The second-order valence-corrected chi connectivity index (χ2v) is 4.79. The summed E-state index contributed by atoms with van der Waals surface area (Å²) in [6, 6.07) is 8.35. The van der Waals surface area contributed by atoms with E-state index in [9.17, 15) is 0 Å². The molecule has 1 aromatic carbocycles. The SMILES string of the molecule is Cc1cc(C)cc(Nc2cc(C)nc3nncn23)c1. The standard InChI is InChI=1S/C14H15N5/c1-9-4-10(2)6-12(5-9)17-13-7-11(3)16-14-18-15-8-19(13)14/h4-8,17H,1-3H3. The van der Waals surface area contributed by atoms with Gasteiger partial charge >= 0.3 is 0 Å². The fourth-order valence-corrected chi connectivity index (χ4v) is 2.22. The number of rotatable bonds is 2. The van der Waals surface area contributed by atoms with Gasteiger partial charge in [-0.3, -0.25) is 4.40 Å². The third kappa shape index (κ3) is 2.27. The van der Waals surface area contributed by atoms with Crippen LogP contribution in [0.2, 0.25) is 0 Å². The number of fused-ring (bicyclic) bond motifs is 1. The van der Waals surface area contributed by atoms with Crippen LogP contribution in [-0.2, 0) is 0 Å². The molecule has 3 aromatic rings. The number of anilines is 2. The van der Waals surface area contributed by atoms with Crippen LogP contribution in [-0.4, -0.2) is 19.6 Å². The molecule has 3 rings (SSSR count). The summed E-state index contributed by atoms with van der Waals surface area (Å²) in [5, 5.41) is 11.3. The number of hydrogen-bond donors (Lipinski definition) is 1. The molecule has 2 heterocycles. The van der Waals surface area contributed by atoms with Crippen LogP contribution in [0.25, 0.3) is 5.78 Å². The molecule has 0 bridgehead atoms. The summed E-state index contributed by atoms with van der Waals surface area (Å²) in [5.41, 5.74) is 4.42. The van der Waals surface area contributed by atoms with E-state index in [1.54, 1.807) is 6.33 Å².